The van der Waals surface area contributed by atoms with E-state index in [9.17, 15) is 0 Å². The number of rotatable bonds is 5. The van der Waals surface area contributed by atoms with Crippen molar-refractivity contribution in [3.05, 3.63) is 23.9 Å². The van der Waals surface area contributed by atoms with E-state index in [1.807, 2.05) is 13.2 Å². The Morgan fingerprint density at radius 1 is 1.33 bits per heavy atom. The van der Waals surface area contributed by atoms with E-state index in [0.717, 1.165) is 70.7 Å². The van der Waals surface area contributed by atoms with Crippen LogP contribution in [0.2, 0.25) is 0 Å². The van der Waals surface area contributed by atoms with Crippen molar-refractivity contribution in [3.8, 4) is 0 Å². The van der Waals surface area contributed by atoms with Crippen LogP contribution in [0.25, 0.3) is 0 Å². The lowest BCUT2D eigenvalue weighted by Gasteiger charge is -2.33. The van der Waals surface area contributed by atoms with Gasteiger partial charge in [-0.1, -0.05) is 6.07 Å². The molecule has 152 valence electrons. The minimum Gasteiger partial charge on any atom is -0.381 e. The molecule has 2 saturated heterocycles. The molecule has 7 nitrogen and oxygen atoms in total. The van der Waals surface area contributed by atoms with Crippen LogP contribution in [0.3, 0.4) is 0 Å². The monoisotopic (exact) mass is 488 g/mol. The molecule has 1 atom stereocenters. The van der Waals surface area contributed by atoms with E-state index >= 15 is 0 Å². The van der Waals surface area contributed by atoms with Crippen LogP contribution in [0.15, 0.2) is 23.3 Å². The summed E-state index contributed by atoms with van der Waals surface area (Å²) in [6.07, 6.45) is 3.11. The first kappa shape index (κ1) is 22.2. The molecular formula is C19H33IN6O. The molecule has 0 radical (unpaired) electrons. The van der Waals surface area contributed by atoms with E-state index in [0.29, 0.717) is 5.92 Å². The standard InChI is InChI=1S/C19H32N6O.HI/c1-20-19(24(3)14-17-6-11-26-15-17)22-13-16-4-5-18(21-12-16)25-9-7-23(2)8-10-25;/h4-5,12,17H,6-11,13-15H2,1-3H3,(H,20,22);1H. The summed E-state index contributed by atoms with van der Waals surface area (Å²) in [5.74, 6) is 2.59. The molecule has 3 heterocycles. The Bertz CT molecular complexity index is 582. The predicted octanol–water partition coefficient (Wildman–Crippen LogP) is 1.50. The van der Waals surface area contributed by atoms with Gasteiger partial charge in [-0.3, -0.25) is 4.99 Å². The van der Waals surface area contributed by atoms with Crippen LogP contribution < -0.4 is 10.2 Å². The lowest BCUT2D eigenvalue weighted by molar-refractivity contribution is 0.181. The van der Waals surface area contributed by atoms with E-state index in [-0.39, 0.29) is 24.0 Å². The molecule has 1 unspecified atom stereocenters. The normalized spacial score (nSPS) is 21.1. The van der Waals surface area contributed by atoms with E-state index in [4.69, 9.17) is 4.74 Å². The molecule has 0 spiro atoms. The summed E-state index contributed by atoms with van der Waals surface area (Å²) in [7, 11) is 6.09. The number of aromatic nitrogens is 1. The zero-order chi connectivity index (χ0) is 18.4. The average Bonchev–Trinajstić information content (AvgIpc) is 3.16. The Balaban J connectivity index is 0.00000261. The van der Waals surface area contributed by atoms with Gasteiger partial charge >= 0.3 is 0 Å². The maximum absolute atomic E-state index is 5.47. The number of pyridine rings is 1. The zero-order valence-corrected chi connectivity index (χ0v) is 19.1. The Morgan fingerprint density at radius 3 is 2.70 bits per heavy atom. The molecule has 0 amide bonds. The number of guanidine groups is 1. The lowest BCUT2D eigenvalue weighted by Crippen LogP contribution is -2.44. The third-order valence-corrected chi connectivity index (χ3v) is 5.22. The maximum atomic E-state index is 5.47. The smallest absolute Gasteiger partial charge is 0.193 e. The number of halogens is 1. The van der Waals surface area contributed by atoms with Gasteiger partial charge in [0.2, 0.25) is 0 Å². The molecule has 1 aromatic rings. The third-order valence-electron chi connectivity index (χ3n) is 5.22. The summed E-state index contributed by atoms with van der Waals surface area (Å²) >= 11 is 0. The van der Waals surface area contributed by atoms with Crippen molar-refractivity contribution in [2.45, 2.75) is 13.0 Å². The van der Waals surface area contributed by atoms with Crippen molar-refractivity contribution in [3.63, 3.8) is 0 Å². The second-order valence-corrected chi connectivity index (χ2v) is 7.33. The summed E-state index contributed by atoms with van der Waals surface area (Å²) in [6.45, 7) is 7.73. The Morgan fingerprint density at radius 2 is 2.11 bits per heavy atom. The fourth-order valence-corrected chi connectivity index (χ4v) is 3.51. The number of hydrogen-bond donors (Lipinski definition) is 1. The second-order valence-electron chi connectivity index (χ2n) is 7.33. The van der Waals surface area contributed by atoms with Gasteiger partial charge in [0.15, 0.2) is 5.96 Å². The Kier molecular flexibility index (Phi) is 9.04. The number of likely N-dealkylation sites (N-methyl/N-ethyl adjacent to an activating group) is 1. The first-order valence-corrected chi connectivity index (χ1v) is 9.53. The van der Waals surface area contributed by atoms with Crippen LogP contribution in [0.5, 0.6) is 0 Å². The van der Waals surface area contributed by atoms with Gasteiger partial charge in [0.05, 0.1) is 6.61 Å². The number of aliphatic imine (C=N–C) groups is 1. The molecule has 2 fully saturated rings. The van der Waals surface area contributed by atoms with E-state index in [2.05, 4.69) is 56.2 Å². The van der Waals surface area contributed by atoms with Crippen molar-refractivity contribution in [2.24, 2.45) is 10.9 Å². The maximum Gasteiger partial charge on any atom is 0.193 e. The molecule has 2 aliphatic rings. The van der Waals surface area contributed by atoms with Crippen LogP contribution in [0.4, 0.5) is 5.82 Å². The van der Waals surface area contributed by atoms with Crippen molar-refractivity contribution in [1.82, 2.24) is 20.1 Å². The van der Waals surface area contributed by atoms with Crippen molar-refractivity contribution < 1.29 is 4.74 Å². The molecular weight excluding hydrogens is 455 g/mol. The largest absolute Gasteiger partial charge is 0.381 e. The molecule has 8 heteroatoms. The SMILES string of the molecule is CN=C(NCc1ccc(N2CCN(C)CC2)nc1)N(C)CC1CCOC1.I. The lowest BCUT2D eigenvalue weighted by atomic mass is 10.1. The predicted molar refractivity (Wildman–Crippen MR) is 121 cm³/mol. The first-order valence-electron chi connectivity index (χ1n) is 9.53. The summed E-state index contributed by atoms with van der Waals surface area (Å²) in [5, 5.41) is 3.44. The number of hydrogen-bond acceptors (Lipinski definition) is 5. The van der Waals surface area contributed by atoms with Gasteiger partial charge in [-0.25, -0.2) is 4.98 Å². The molecule has 1 aromatic heterocycles. The minimum absolute atomic E-state index is 0. The molecule has 0 aliphatic carbocycles. The number of ether oxygens (including phenoxy) is 1. The van der Waals surface area contributed by atoms with Crippen LogP contribution >= 0.6 is 24.0 Å². The fraction of sp³-hybridized carbons (Fsp3) is 0.684. The fourth-order valence-electron chi connectivity index (χ4n) is 3.51. The Labute approximate surface area is 180 Å². The number of nitrogens with zero attached hydrogens (tertiary/aromatic N) is 5. The van der Waals surface area contributed by atoms with E-state index in [1.165, 1.54) is 5.56 Å². The van der Waals surface area contributed by atoms with Crippen molar-refractivity contribution in [2.75, 3.05) is 72.0 Å². The molecule has 0 aromatic carbocycles. The highest BCUT2D eigenvalue weighted by Gasteiger charge is 2.19. The van der Waals surface area contributed by atoms with E-state index in [1.54, 1.807) is 0 Å². The van der Waals surface area contributed by atoms with Crippen molar-refractivity contribution >= 4 is 35.8 Å². The highest BCUT2D eigenvalue weighted by molar-refractivity contribution is 14.0. The zero-order valence-electron chi connectivity index (χ0n) is 16.7. The van der Waals surface area contributed by atoms with Gasteiger partial charge in [-0.2, -0.15) is 0 Å². The molecule has 2 aliphatic heterocycles. The summed E-state index contributed by atoms with van der Waals surface area (Å²) in [4.78, 5) is 16.0. The van der Waals surface area contributed by atoms with Gasteiger partial charge in [-0.05, 0) is 25.1 Å². The highest BCUT2D eigenvalue weighted by Crippen LogP contribution is 2.14. The third kappa shape index (κ3) is 6.46. The number of piperazine rings is 1. The first-order chi connectivity index (χ1) is 12.7. The van der Waals surface area contributed by atoms with E-state index < -0.39 is 0 Å². The molecule has 3 rings (SSSR count). The van der Waals surface area contributed by atoms with Crippen LogP contribution in [0, 0.1) is 5.92 Å². The average molecular weight is 488 g/mol. The van der Waals surface area contributed by atoms with Gasteiger partial charge in [0, 0.05) is 72.1 Å². The minimum atomic E-state index is 0. The van der Waals surface area contributed by atoms with Crippen molar-refractivity contribution in [1.29, 1.82) is 0 Å². The highest BCUT2D eigenvalue weighted by atomic mass is 127. The van der Waals surface area contributed by atoms with Gasteiger partial charge in [-0.15, -0.1) is 24.0 Å². The molecule has 0 bridgehead atoms. The van der Waals surface area contributed by atoms with Crippen LogP contribution in [-0.2, 0) is 11.3 Å². The van der Waals surface area contributed by atoms with Gasteiger partial charge < -0.3 is 24.8 Å². The number of nitrogens with one attached hydrogen (secondary N) is 1. The summed E-state index contributed by atoms with van der Waals surface area (Å²) in [5.41, 5.74) is 1.17. The molecule has 0 saturated carbocycles. The molecule has 27 heavy (non-hydrogen) atoms. The Hall–Kier alpha value is -1.13. The summed E-state index contributed by atoms with van der Waals surface area (Å²) < 4.78 is 5.47. The van der Waals surface area contributed by atoms with Crippen LogP contribution in [-0.4, -0.2) is 87.8 Å². The summed E-state index contributed by atoms with van der Waals surface area (Å²) in [6, 6.07) is 4.29. The second kappa shape index (κ2) is 11.0. The van der Waals surface area contributed by atoms with Gasteiger partial charge in [0.1, 0.15) is 5.82 Å². The number of anilines is 1. The van der Waals surface area contributed by atoms with Crippen LogP contribution in [0.1, 0.15) is 12.0 Å². The quantitative estimate of drug-likeness (QED) is 0.385. The molecule has 1 N–H and O–H groups in total. The topological polar surface area (TPSA) is 56.2 Å². The van der Waals surface area contributed by atoms with Gasteiger partial charge in [0.25, 0.3) is 0 Å².